The molecule has 0 amide bonds. The van der Waals surface area contributed by atoms with E-state index in [0.717, 1.165) is 12.3 Å². The average molecular weight is 717 g/mol. The lowest BCUT2D eigenvalue weighted by Crippen LogP contribution is -2.37. The standard InChI is InChI=1S/C19H26N7O17P3/c20-16-13-17(22-6-21-16)26(7-23-13)12-3-8(27)9(40-12)4-38-44(32,33)42-46(36,37)43-45(34,35)39-5-10-14(29)15(30)18(41-10)25-2-1-11(28)24-19(25)31/h1-2,6-10,12,14-15,18,27,29-30H,3-5H2,(H,32,33)(H,34,35)(H,36,37)(H2,20,21,22)(H,24,28,31)/t8-,9+,10+,12+,14+,15+,18+/m0/s1. The Morgan fingerprint density at radius 2 is 1.57 bits per heavy atom. The largest absolute Gasteiger partial charge is 0.490 e. The summed E-state index contributed by atoms with van der Waals surface area (Å²) in [4.78, 5) is 66.7. The number of hydrogen-bond donors (Lipinski definition) is 8. The maximum atomic E-state index is 12.3. The highest BCUT2D eigenvalue weighted by Crippen LogP contribution is 2.67. The summed E-state index contributed by atoms with van der Waals surface area (Å²) in [6.07, 6.45) is -6.90. The fourth-order valence-electron chi connectivity index (χ4n) is 4.50. The van der Waals surface area contributed by atoms with Crippen LogP contribution in [0.5, 0.6) is 0 Å². The first-order chi connectivity index (χ1) is 21.5. The van der Waals surface area contributed by atoms with Crippen molar-refractivity contribution in [1.29, 1.82) is 0 Å². The molecule has 0 aromatic carbocycles. The van der Waals surface area contributed by atoms with Gasteiger partial charge in [0.05, 0.1) is 25.6 Å². The summed E-state index contributed by atoms with van der Waals surface area (Å²) in [6, 6.07) is 0.918. The van der Waals surface area contributed by atoms with Crippen molar-refractivity contribution in [3.8, 4) is 0 Å². The SMILES string of the molecule is Nc1ncnc2c1ncn2[C@H]1C[C@H](O)[C@@H](COP(=O)(O)OP(=O)(O)OP(=O)(O)OC[C@H]2O[C@@H](n3ccc(=O)[nH]c3=O)[C@H](O)[C@@H]2O)O1. The van der Waals surface area contributed by atoms with E-state index in [1.807, 2.05) is 4.98 Å². The molecule has 0 spiro atoms. The van der Waals surface area contributed by atoms with E-state index in [4.69, 9.17) is 15.2 Å². The molecule has 3 unspecified atom stereocenters. The third-order valence-electron chi connectivity index (χ3n) is 6.58. The summed E-state index contributed by atoms with van der Waals surface area (Å²) in [7, 11) is -17.1. The van der Waals surface area contributed by atoms with Gasteiger partial charge in [-0.3, -0.25) is 28.0 Å². The summed E-state index contributed by atoms with van der Waals surface area (Å²) < 4.78 is 67.0. The van der Waals surface area contributed by atoms with Gasteiger partial charge >= 0.3 is 29.2 Å². The molecule has 5 heterocycles. The van der Waals surface area contributed by atoms with E-state index < -0.39 is 90.9 Å². The first kappa shape index (κ1) is 34.6. The monoisotopic (exact) mass is 717 g/mol. The van der Waals surface area contributed by atoms with Crippen LogP contribution in [0, 0.1) is 0 Å². The Morgan fingerprint density at radius 3 is 2.22 bits per heavy atom. The van der Waals surface area contributed by atoms with Crippen LogP contribution in [-0.2, 0) is 40.8 Å². The van der Waals surface area contributed by atoms with Gasteiger partial charge in [0.1, 0.15) is 42.5 Å². The number of fused-ring (bicyclic) bond motifs is 1. The molecule has 46 heavy (non-hydrogen) atoms. The number of phosphoric ester groups is 2. The summed E-state index contributed by atoms with van der Waals surface area (Å²) >= 11 is 0. The Balaban J connectivity index is 1.13. The molecular formula is C19H26N7O17P3. The van der Waals surface area contributed by atoms with Crippen molar-refractivity contribution in [2.45, 2.75) is 49.4 Å². The highest BCUT2D eigenvalue weighted by atomic mass is 31.3. The number of aliphatic hydroxyl groups excluding tert-OH is 3. The molecule has 0 saturated carbocycles. The van der Waals surface area contributed by atoms with Gasteiger partial charge in [-0.15, -0.1) is 0 Å². The minimum Gasteiger partial charge on any atom is -0.390 e. The van der Waals surface area contributed by atoms with Crippen molar-refractivity contribution < 1.29 is 70.8 Å². The molecule has 2 fully saturated rings. The normalized spacial score (nSPS) is 30.6. The molecule has 3 aromatic heterocycles. The molecule has 24 nitrogen and oxygen atoms in total. The third kappa shape index (κ3) is 7.68. The number of phosphoric acid groups is 3. The van der Waals surface area contributed by atoms with Crippen molar-refractivity contribution in [3.63, 3.8) is 0 Å². The van der Waals surface area contributed by atoms with Crippen molar-refractivity contribution in [2.75, 3.05) is 18.9 Å². The molecule has 0 radical (unpaired) electrons. The number of H-pyrrole nitrogens is 1. The molecule has 0 bridgehead atoms. The summed E-state index contributed by atoms with van der Waals surface area (Å²) in [5.74, 6) is 0.0894. The molecule has 2 aliphatic heterocycles. The molecule has 27 heteroatoms. The summed E-state index contributed by atoms with van der Waals surface area (Å²) in [5.41, 5.74) is 4.49. The summed E-state index contributed by atoms with van der Waals surface area (Å²) in [5, 5.41) is 30.8. The van der Waals surface area contributed by atoms with Crippen molar-refractivity contribution in [2.24, 2.45) is 0 Å². The van der Waals surface area contributed by atoms with Gasteiger partial charge in [0.25, 0.3) is 5.56 Å². The van der Waals surface area contributed by atoms with Crippen LogP contribution < -0.4 is 17.0 Å². The molecule has 254 valence electrons. The zero-order valence-corrected chi connectivity index (χ0v) is 25.5. The lowest BCUT2D eigenvalue weighted by molar-refractivity contribution is -0.0543. The fourth-order valence-corrected chi connectivity index (χ4v) is 8.02. The smallest absolute Gasteiger partial charge is 0.390 e. The predicted molar refractivity (Wildman–Crippen MR) is 145 cm³/mol. The van der Waals surface area contributed by atoms with Gasteiger partial charge in [0.15, 0.2) is 17.7 Å². The number of nitrogens with zero attached hydrogens (tertiary/aromatic N) is 5. The molecular weight excluding hydrogens is 691 g/mol. The predicted octanol–water partition coefficient (Wildman–Crippen LogP) is -2.41. The van der Waals surface area contributed by atoms with Crippen molar-refractivity contribution in [3.05, 3.63) is 45.8 Å². The molecule has 10 atom stereocenters. The van der Waals surface area contributed by atoms with Crippen LogP contribution in [0.1, 0.15) is 18.9 Å². The first-order valence-electron chi connectivity index (χ1n) is 12.7. The van der Waals surface area contributed by atoms with Gasteiger partial charge in [-0.1, -0.05) is 0 Å². The van der Waals surface area contributed by atoms with Crippen molar-refractivity contribution in [1.82, 2.24) is 29.1 Å². The number of anilines is 1. The van der Waals surface area contributed by atoms with Gasteiger partial charge < -0.3 is 45.2 Å². The topological polar surface area (TPSA) is 352 Å². The Bertz CT molecular complexity index is 1850. The van der Waals surface area contributed by atoms with Crippen molar-refractivity contribution >= 4 is 40.4 Å². The van der Waals surface area contributed by atoms with E-state index in [1.54, 1.807) is 0 Å². The number of rotatable bonds is 12. The molecule has 2 aliphatic rings. The van der Waals surface area contributed by atoms with Crippen LogP contribution in [0.25, 0.3) is 11.2 Å². The average Bonchev–Trinajstić information content (AvgIpc) is 3.62. The van der Waals surface area contributed by atoms with E-state index in [1.165, 1.54) is 17.2 Å². The lowest BCUT2D eigenvalue weighted by atomic mass is 10.1. The number of imidazole rings is 1. The van der Waals surface area contributed by atoms with Gasteiger partial charge in [-0.2, -0.15) is 8.62 Å². The molecule has 9 N–H and O–H groups in total. The van der Waals surface area contributed by atoms with Gasteiger partial charge in [0.2, 0.25) is 0 Å². The molecule has 2 saturated heterocycles. The van der Waals surface area contributed by atoms with Crippen LogP contribution in [0.3, 0.4) is 0 Å². The van der Waals surface area contributed by atoms with Crippen LogP contribution in [0.4, 0.5) is 5.82 Å². The minimum atomic E-state index is -5.91. The van der Waals surface area contributed by atoms with E-state index in [-0.39, 0.29) is 23.4 Å². The van der Waals surface area contributed by atoms with Gasteiger partial charge in [0, 0.05) is 18.7 Å². The van der Waals surface area contributed by atoms with E-state index >= 15 is 0 Å². The second kappa shape index (κ2) is 13.0. The maximum absolute atomic E-state index is 12.3. The number of nitrogen functional groups attached to an aromatic ring is 1. The number of nitrogens with one attached hydrogen (secondary N) is 1. The zero-order valence-electron chi connectivity index (χ0n) is 22.8. The number of aliphatic hydroxyl groups is 3. The molecule has 5 rings (SSSR count). The number of aromatic amines is 1. The van der Waals surface area contributed by atoms with Gasteiger partial charge in [-0.05, 0) is 0 Å². The van der Waals surface area contributed by atoms with Crippen LogP contribution >= 0.6 is 23.5 Å². The van der Waals surface area contributed by atoms with Crippen LogP contribution in [0.15, 0.2) is 34.5 Å². The highest BCUT2D eigenvalue weighted by molar-refractivity contribution is 7.66. The molecule has 0 aliphatic carbocycles. The lowest BCUT2D eigenvalue weighted by Gasteiger charge is -2.21. The van der Waals surface area contributed by atoms with E-state index in [9.17, 15) is 53.3 Å². The Labute approximate surface area is 254 Å². The van der Waals surface area contributed by atoms with Crippen LogP contribution in [-0.4, -0.2) is 103 Å². The first-order valence-corrected chi connectivity index (χ1v) is 17.2. The van der Waals surface area contributed by atoms with E-state index in [0.29, 0.717) is 4.57 Å². The number of nitrogens with two attached hydrogens (primary N) is 1. The Hall–Kier alpha value is -2.76. The highest BCUT2D eigenvalue weighted by Gasteiger charge is 2.47. The quantitative estimate of drug-likeness (QED) is 0.0904. The molecule has 3 aromatic rings. The Kier molecular flexibility index (Phi) is 9.80. The van der Waals surface area contributed by atoms with Crippen LogP contribution in [0.2, 0.25) is 0 Å². The number of ether oxygens (including phenoxy) is 2. The van der Waals surface area contributed by atoms with Gasteiger partial charge in [-0.25, -0.2) is 33.4 Å². The number of hydrogen-bond acceptors (Lipinski definition) is 18. The minimum absolute atomic E-state index is 0.0641. The maximum Gasteiger partial charge on any atom is 0.490 e. The summed E-state index contributed by atoms with van der Waals surface area (Å²) in [6.45, 7) is -1.96. The third-order valence-corrected chi connectivity index (χ3v) is 10.8. The fraction of sp³-hybridized carbons (Fsp3) is 0.526. The second-order valence-electron chi connectivity index (χ2n) is 9.74. The zero-order chi connectivity index (χ0) is 33.6. The van der Waals surface area contributed by atoms with E-state index in [2.05, 4.69) is 32.6 Å². The second-order valence-corrected chi connectivity index (χ2v) is 14.4. The Morgan fingerprint density at radius 1 is 0.913 bits per heavy atom. The number of aromatic nitrogens is 6.